The number of esters is 1. The van der Waals surface area contributed by atoms with Gasteiger partial charge in [0.05, 0.1) is 12.2 Å². The van der Waals surface area contributed by atoms with E-state index in [9.17, 15) is 4.79 Å². The lowest BCUT2D eigenvalue weighted by atomic mass is 10.0. The summed E-state index contributed by atoms with van der Waals surface area (Å²) in [4.78, 5) is 11.6. The highest BCUT2D eigenvalue weighted by Gasteiger charge is 2.36. The third kappa shape index (κ3) is 19.0. The number of epoxide rings is 1. The van der Waals surface area contributed by atoms with Crippen molar-refractivity contribution in [2.75, 3.05) is 0 Å². The molecular formula is C36H66O3. The van der Waals surface area contributed by atoms with E-state index in [1.165, 1.54) is 167 Å². The van der Waals surface area contributed by atoms with E-state index in [0.29, 0.717) is 12.2 Å². The fourth-order valence-electron chi connectivity index (χ4n) is 6.29. The summed E-state index contributed by atoms with van der Waals surface area (Å²) in [6.45, 7) is 4.23. The molecule has 3 atom stereocenters. The molecule has 0 aromatic heterocycles. The molecule has 0 aliphatic carbocycles. The second kappa shape index (κ2) is 23.8. The summed E-state index contributed by atoms with van der Waals surface area (Å²) in [7, 11) is 0. The van der Waals surface area contributed by atoms with Gasteiger partial charge >= 0.3 is 5.97 Å². The van der Waals surface area contributed by atoms with Crippen LogP contribution in [0.4, 0.5) is 0 Å². The van der Waals surface area contributed by atoms with Crippen molar-refractivity contribution in [3.05, 3.63) is 11.6 Å². The maximum absolute atomic E-state index is 11.6. The monoisotopic (exact) mass is 547 g/mol. The average molecular weight is 547 g/mol. The van der Waals surface area contributed by atoms with E-state index in [0.717, 1.165) is 18.4 Å². The molecule has 0 N–H and O–H groups in total. The van der Waals surface area contributed by atoms with Gasteiger partial charge in [-0.2, -0.15) is 0 Å². The molecule has 0 saturated carbocycles. The molecule has 0 radical (unpaired) electrons. The number of ether oxygens (including phenoxy) is 2. The van der Waals surface area contributed by atoms with Crippen molar-refractivity contribution in [1.82, 2.24) is 0 Å². The number of carbonyl (C=O) groups is 1. The Bertz CT molecular complexity index is 612. The molecule has 228 valence electrons. The molecule has 1 fully saturated rings. The maximum atomic E-state index is 11.6. The molecule has 3 heteroatoms. The van der Waals surface area contributed by atoms with Crippen molar-refractivity contribution in [3.63, 3.8) is 0 Å². The minimum Gasteiger partial charge on any atom is -0.455 e. The lowest BCUT2D eigenvalue weighted by Crippen LogP contribution is -2.03. The van der Waals surface area contributed by atoms with Crippen LogP contribution in [0.5, 0.6) is 0 Å². The van der Waals surface area contributed by atoms with Gasteiger partial charge in [0, 0.05) is 5.57 Å². The first-order chi connectivity index (χ1) is 19.2. The predicted octanol–water partition coefficient (Wildman–Crippen LogP) is 11.6. The quantitative estimate of drug-likeness (QED) is 0.0532. The van der Waals surface area contributed by atoms with E-state index < -0.39 is 0 Å². The van der Waals surface area contributed by atoms with Gasteiger partial charge in [-0.3, -0.25) is 0 Å². The van der Waals surface area contributed by atoms with Crippen LogP contribution in [0.25, 0.3) is 0 Å². The fourth-order valence-corrected chi connectivity index (χ4v) is 6.29. The summed E-state index contributed by atoms with van der Waals surface area (Å²) in [6.07, 6.45) is 41.6. The van der Waals surface area contributed by atoms with Gasteiger partial charge in [-0.15, -0.1) is 0 Å². The first kappa shape index (κ1) is 34.4. The minimum atomic E-state index is -0.0895. The third-order valence-corrected chi connectivity index (χ3v) is 8.96. The first-order valence-corrected chi connectivity index (χ1v) is 17.8. The van der Waals surface area contributed by atoms with Crippen LogP contribution in [0.3, 0.4) is 0 Å². The summed E-state index contributed by atoms with van der Waals surface area (Å²) < 4.78 is 11.1. The van der Waals surface area contributed by atoms with Gasteiger partial charge in [-0.1, -0.05) is 161 Å². The molecule has 2 unspecified atom stereocenters. The van der Waals surface area contributed by atoms with Crippen molar-refractivity contribution in [2.24, 2.45) is 0 Å². The Labute approximate surface area is 243 Å². The highest BCUT2D eigenvalue weighted by molar-refractivity contribution is 5.90. The molecule has 0 aromatic rings. The second-order valence-corrected chi connectivity index (χ2v) is 12.8. The molecule has 2 heterocycles. The number of rotatable bonds is 29. The molecule has 0 bridgehead atoms. The highest BCUT2D eigenvalue weighted by atomic mass is 16.6. The lowest BCUT2D eigenvalue weighted by Gasteiger charge is -2.04. The molecule has 0 aromatic carbocycles. The molecule has 39 heavy (non-hydrogen) atoms. The number of hydrogen-bond acceptors (Lipinski definition) is 3. The van der Waals surface area contributed by atoms with Crippen molar-refractivity contribution in [2.45, 2.75) is 212 Å². The normalized spacial score (nSPS) is 20.4. The summed E-state index contributed by atoms with van der Waals surface area (Å²) in [5.74, 6) is -0.0895. The van der Waals surface area contributed by atoms with Crippen molar-refractivity contribution in [1.29, 1.82) is 0 Å². The number of unbranched alkanes of at least 4 members (excludes halogenated alkanes) is 23. The van der Waals surface area contributed by atoms with E-state index in [4.69, 9.17) is 9.47 Å². The van der Waals surface area contributed by atoms with Crippen LogP contribution in [0, 0.1) is 0 Å². The van der Waals surface area contributed by atoms with E-state index in [1.807, 2.05) is 13.0 Å². The number of cyclic esters (lactones) is 1. The Morgan fingerprint density at radius 3 is 1.26 bits per heavy atom. The molecule has 2 rings (SSSR count). The van der Waals surface area contributed by atoms with Gasteiger partial charge in [-0.05, 0) is 38.7 Å². The molecule has 1 saturated heterocycles. The van der Waals surface area contributed by atoms with Gasteiger partial charge in [0.25, 0.3) is 0 Å². The fraction of sp³-hybridized carbons (Fsp3) is 0.917. The van der Waals surface area contributed by atoms with Crippen LogP contribution < -0.4 is 0 Å². The molecule has 2 aliphatic rings. The Morgan fingerprint density at radius 2 is 0.897 bits per heavy atom. The zero-order chi connectivity index (χ0) is 27.8. The van der Waals surface area contributed by atoms with Crippen LogP contribution in [-0.2, 0) is 14.3 Å². The third-order valence-electron chi connectivity index (χ3n) is 8.96. The predicted molar refractivity (Wildman–Crippen MR) is 167 cm³/mol. The minimum absolute atomic E-state index is 0.0174. The SMILES string of the molecule is CCCCCCCCCCCCCCC1OC1CCCCCCCCCCCCCCCC1=C[C@H](C)OC1=O. The maximum Gasteiger partial charge on any atom is 0.334 e. The molecule has 0 spiro atoms. The van der Waals surface area contributed by atoms with Gasteiger partial charge in [0.15, 0.2) is 0 Å². The van der Waals surface area contributed by atoms with E-state index >= 15 is 0 Å². The van der Waals surface area contributed by atoms with E-state index in [-0.39, 0.29) is 12.1 Å². The Balaban J connectivity index is 1.20. The van der Waals surface area contributed by atoms with Gasteiger partial charge < -0.3 is 9.47 Å². The van der Waals surface area contributed by atoms with Crippen LogP contribution >= 0.6 is 0 Å². The smallest absolute Gasteiger partial charge is 0.334 e. The largest absolute Gasteiger partial charge is 0.455 e. The highest BCUT2D eigenvalue weighted by Crippen LogP contribution is 2.32. The number of carbonyl (C=O) groups excluding carboxylic acids is 1. The second-order valence-electron chi connectivity index (χ2n) is 12.8. The summed E-state index contributed by atoms with van der Waals surface area (Å²) >= 11 is 0. The first-order valence-electron chi connectivity index (χ1n) is 17.8. The van der Waals surface area contributed by atoms with Crippen LogP contribution in [-0.4, -0.2) is 24.3 Å². The molecule has 3 nitrogen and oxygen atoms in total. The molecular weight excluding hydrogens is 480 g/mol. The summed E-state index contributed by atoms with van der Waals surface area (Å²) in [5, 5.41) is 0. The van der Waals surface area contributed by atoms with Crippen molar-refractivity contribution >= 4 is 5.97 Å². The Kier molecular flexibility index (Phi) is 21.0. The van der Waals surface area contributed by atoms with E-state index in [1.54, 1.807) is 0 Å². The van der Waals surface area contributed by atoms with Crippen LogP contribution in [0.1, 0.15) is 194 Å². The van der Waals surface area contributed by atoms with Crippen molar-refractivity contribution < 1.29 is 14.3 Å². The lowest BCUT2D eigenvalue weighted by molar-refractivity contribution is -0.139. The molecule has 0 amide bonds. The Hall–Kier alpha value is -0.830. The zero-order valence-electron chi connectivity index (χ0n) is 26.3. The van der Waals surface area contributed by atoms with Gasteiger partial charge in [0.2, 0.25) is 0 Å². The van der Waals surface area contributed by atoms with E-state index in [2.05, 4.69) is 6.92 Å². The van der Waals surface area contributed by atoms with Gasteiger partial charge in [0.1, 0.15) is 6.10 Å². The van der Waals surface area contributed by atoms with Crippen LogP contribution in [0.2, 0.25) is 0 Å². The summed E-state index contributed by atoms with van der Waals surface area (Å²) in [5.41, 5.74) is 0.901. The number of hydrogen-bond donors (Lipinski definition) is 0. The van der Waals surface area contributed by atoms with Crippen molar-refractivity contribution in [3.8, 4) is 0 Å². The summed E-state index contributed by atoms with van der Waals surface area (Å²) in [6, 6.07) is 0. The van der Waals surface area contributed by atoms with Crippen LogP contribution in [0.15, 0.2) is 11.6 Å². The standard InChI is InChI=1S/C36H66O3/c1-3-4-5-6-7-8-9-14-17-20-23-26-29-34-35(39-34)30-27-24-21-18-15-12-10-11-13-16-19-22-25-28-33-31-32(2)38-36(33)37/h31-32,34-35H,3-30H2,1-2H3/t32-,34?,35?/m0/s1. The van der Waals surface area contributed by atoms with Gasteiger partial charge in [-0.25, -0.2) is 4.79 Å². The Morgan fingerprint density at radius 1 is 0.538 bits per heavy atom. The average Bonchev–Trinajstić information content (AvgIpc) is 3.59. The molecule has 2 aliphatic heterocycles. The zero-order valence-corrected chi connectivity index (χ0v) is 26.3. The topological polar surface area (TPSA) is 38.8 Å².